The van der Waals surface area contributed by atoms with Gasteiger partial charge >= 0.3 is 0 Å². The second-order valence-corrected chi connectivity index (χ2v) is 7.91. The van der Waals surface area contributed by atoms with Crippen molar-refractivity contribution in [2.24, 2.45) is 0 Å². The number of rotatable bonds is 4. The Labute approximate surface area is 146 Å². The Morgan fingerprint density at radius 3 is 2.48 bits per heavy atom. The summed E-state index contributed by atoms with van der Waals surface area (Å²) in [4.78, 5) is 4.59. The first-order valence-electron chi connectivity index (χ1n) is 7.97. The lowest BCUT2D eigenvalue weighted by Crippen LogP contribution is -1.96. The van der Waals surface area contributed by atoms with Crippen molar-refractivity contribution in [3.63, 3.8) is 0 Å². The van der Waals surface area contributed by atoms with Crippen LogP contribution >= 0.6 is 0 Å². The van der Waals surface area contributed by atoms with Gasteiger partial charge in [0.1, 0.15) is 0 Å². The molecule has 0 saturated heterocycles. The lowest BCUT2D eigenvalue weighted by atomic mass is 10.1. The van der Waals surface area contributed by atoms with Crippen LogP contribution in [0.3, 0.4) is 0 Å². The van der Waals surface area contributed by atoms with E-state index in [0.717, 1.165) is 29.4 Å². The number of hydrogen-bond acceptors (Lipinski definition) is 3. The Hall–Kier alpha value is -2.47. The monoisotopic (exact) mass is 358 g/mol. The summed E-state index contributed by atoms with van der Waals surface area (Å²) in [6, 6.07) is 7.93. The Morgan fingerprint density at radius 2 is 1.92 bits per heavy atom. The molecule has 0 unspecified atom stereocenters. The maximum absolute atomic E-state index is 14.4. The number of fused-ring (bicyclic) bond motifs is 1. The van der Waals surface area contributed by atoms with Gasteiger partial charge in [-0.2, -0.15) is 0 Å². The molecule has 0 amide bonds. The van der Waals surface area contributed by atoms with E-state index in [-0.39, 0.29) is 16.4 Å². The van der Waals surface area contributed by atoms with Gasteiger partial charge in [-0.1, -0.05) is 25.1 Å². The van der Waals surface area contributed by atoms with Crippen LogP contribution in [-0.4, -0.2) is 24.1 Å². The van der Waals surface area contributed by atoms with Gasteiger partial charge in [-0.3, -0.25) is 0 Å². The third-order valence-electron chi connectivity index (χ3n) is 4.18. The fraction of sp³-hybridized carbons (Fsp3) is 0.211. The lowest BCUT2D eigenvalue weighted by Gasteiger charge is -2.05. The second kappa shape index (κ2) is 6.44. The number of halogens is 1. The number of benzene rings is 1. The molecule has 0 bridgehead atoms. The third kappa shape index (κ3) is 3.35. The maximum atomic E-state index is 14.4. The SMILES string of the molecule is C/C=C(\CC)c1cc(F)c2nc(-c3ccc(S(C)(=O)=O)cc3)cn2c1. The van der Waals surface area contributed by atoms with E-state index in [9.17, 15) is 12.8 Å². The minimum Gasteiger partial charge on any atom is -0.303 e. The van der Waals surface area contributed by atoms with Gasteiger partial charge < -0.3 is 4.40 Å². The average Bonchev–Trinajstić information content (AvgIpc) is 3.00. The molecule has 0 aliphatic carbocycles. The fourth-order valence-corrected chi connectivity index (χ4v) is 3.45. The van der Waals surface area contributed by atoms with Crippen LogP contribution in [0.25, 0.3) is 22.5 Å². The van der Waals surface area contributed by atoms with E-state index in [1.165, 1.54) is 18.2 Å². The van der Waals surface area contributed by atoms with Gasteiger partial charge in [0.15, 0.2) is 21.3 Å². The minimum absolute atomic E-state index is 0.245. The molecule has 0 aliphatic heterocycles. The van der Waals surface area contributed by atoms with Crippen LogP contribution in [0.2, 0.25) is 0 Å². The number of imidazole rings is 1. The number of hydrogen-bond donors (Lipinski definition) is 0. The number of sulfone groups is 1. The molecule has 6 heteroatoms. The molecule has 0 atom stereocenters. The predicted octanol–water partition coefficient (Wildman–Crippen LogP) is 4.36. The summed E-state index contributed by atoms with van der Waals surface area (Å²) < 4.78 is 39.2. The van der Waals surface area contributed by atoms with Crippen molar-refractivity contribution in [3.05, 3.63) is 60.2 Å². The minimum atomic E-state index is -3.25. The van der Waals surface area contributed by atoms with Gasteiger partial charge in [-0.05, 0) is 42.7 Å². The number of allylic oxidation sites excluding steroid dienone is 2. The van der Waals surface area contributed by atoms with Crippen LogP contribution < -0.4 is 0 Å². The molecule has 1 aromatic carbocycles. The number of pyridine rings is 1. The van der Waals surface area contributed by atoms with E-state index in [0.29, 0.717) is 5.69 Å². The fourth-order valence-electron chi connectivity index (χ4n) is 2.82. The summed E-state index contributed by atoms with van der Waals surface area (Å²) in [7, 11) is -3.25. The van der Waals surface area contributed by atoms with Crippen molar-refractivity contribution in [3.8, 4) is 11.3 Å². The molecule has 3 rings (SSSR count). The first-order valence-corrected chi connectivity index (χ1v) is 9.87. The molecule has 130 valence electrons. The van der Waals surface area contributed by atoms with Crippen LogP contribution in [0.15, 0.2) is 53.7 Å². The van der Waals surface area contributed by atoms with Gasteiger partial charge in [-0.15, -0.1) is 0 Å². The molecule has 3 aromatic rings. The molecule has 0 radical (unpaired) electrons. The normalized spacial score (nSPS) is 12.7. The zero-order valence-electron chi connectivity index (χ0n) is 14.3. The highest BCUT2D eigenvalue weighted by atomic mass is 32.2. The maximum Gasteiger partial charge on any atom is 0.175 e. The van der Waals surface area contributed by atoms with E-state index < -0.39 is 9.84 Å². The van der Waals surface area contributed by atoms with Gasteiger partial charge in [0, 0.05) is 24.2 Å². The van der Waals surface area contributed by atoms with E-state index in [1.807, 2.05) is 26.1 Å². The molecular formula is C19H19FN2O2S. The van der Waals surface area contributed by atoms with Crippen molar-refractivity contribution in [2.45, 2.75) is 25.2 Å². The summed E-state index contributed by atoms with van der Waals surface area (Å²) in [6.07, 6.45) is 7.56. The topological polar surface area (TPSA) is 51.4 Å². The summed E-state index contributed by atoms with van der Waals surface area (Å²) in [5.74, 6) is -0.385. The summed E-state index contributed by atoms with van der Waals surface area (Å²) in [5.41, 5.74) is 3.46. The Balaban J connectivity index is 2.08. The quantitative estimate of drug-likeness (QED) is 0.696. The Kier molecular flexibility index (Phi) is 4.47. The lowest BCUT2D eigenvalue weighted by molar-refractivity contribution is 0.602. The zero-order valence-corrected chi connectivity index (χ0v) is 15.1. The largest absolute Gasteiger partial charge is 0.303 e. The molecule has 4 nitrogen and oxygen atoms in total. The summed E-state index contributed by atoms with van der Waals surface area (Å²) >= 11 is 0. The van der Waals surface area contributed by atoms with E-state index >= 15 is 0 Å². The smallest absolute Gasteiger partial charge is 0.175 e. The highest BCUT2D eigenvalue weighted by molar-refractivity contribution is 7.90. The molecule has 0 fully saturated rings. The third-order valence-corrected chi connectivity index (χ3v) is 5.31. The number of aromatic nitrogens is 2. The predicted molar refractivity (Wildman–Crippen MR) is 97.6 cm³/mol. The van der Waals surface area contributed by atoms with Crippen molar-refractivity contribution < 1.29 is 12.8 Å². The molecule has 0 spiro atoms. The van der Waals surface area contributed by atoms with Gasteiger partial charge in [0.2, 0.25) is 0 Å². The Bertz CT molecular complexity index is 1060. The van der Waals surface area contributed by atoms with Crippen LogP contribution in [-0.2, 0) is 9.84 Å². The van der Waals surface area contributed by atoms with Gasteiger partial charge in [0.05, 0.1) is 10.6 Å². The summed E-state index contributed by atoms with van der Waals surface area (Å²) in [6.45, 7) is 3.96. The molecule has 2 heterocycles. The second-order valence-electron chi connectivity index (χ2n) is 5.90. The highest BCUT2D eigenvalue weighted by Gasteiger charge is 2.12. The molecule has 0 aliphatic rings. The average molecular weight is 358 g/mol. The van der Waals surface area contributed by atoms with Crippen LogP contribution in [0.4, 0.5) is 4.39 Å². The van der Waals surface area contributed by atoms with Crippen molar-refractivity contribution >= 4 is 21.1 Å². The van der Waals surface area contributed by atoms with Crippen molar-refractivity contribution in [1.29, 1.82) is 0 Å². The van der Waals surface area contributed by atoms with Crippen molar-refractivity contribution in [1.82, 2.24) is 9.38 Å². The summed E-state index contributed by atoms with van der Waals surface area (Å²) in [5, 5.41) is 0. The Morgan fingerprint density at radius 1 is 1.24 bits per heavy atom. The van der Waals surface area contributed by atoms with Gasteiger partial charge in [-0.25, -0.2) is 17.8 Å². The molecule has 2 aromatic heterocycles. The van der Waals surface area contributed by atoms with Crippen LogP contribution in [0.5, 0.6) is 0 Å². The van der Waals surface area contributed by atoms with E-state index in [4.69, 9.17) is 0 Å². The standard InChI is InChI=1S/C19H19FN2O2S/c1-4-13(5-2)15-10-17(20)19-21-18(12-22(19)11-15)14-6-8-16(9-7-14)25(3,23)24/h4,6-12H,5H2,1-3H3/b13-4+. The van der Waals surface area contributed by atoms with Gasteiger partial charge in [0.25, 0.3) is 0 Å². The van der Waals surface area contributed by atoms with E-state index in [1.54, 1.807) is 22.7 Å². The first kappa shape index (κ1) is 17.4. The van der Waals surface area contributed by atoms with E-state index in [2.05, 4.69) is 4.98 Å². The number of nitrogens with zero attached hydrogens (tertiary/aromatic N) is 2. The van der Waals surface area contributed by atoms with Crippen LogP contribution in [0, 0.1) is 5.82 Å². The van der Waals surface area contributed by atoms with Crippen molar-refractivity contribution in [2.75, 3.05) is 6.26 Å². The molecule has 0 saturated carbocycles. The molecular weight excluding hydrogens is 339 g/mol. The first-order chi connectivity index (χ1) is 11.8. The van der Waals surface area contributed by atoms with Crippen LogP contribution in [0.1, 0.15) is 25.8 Å². The zero-order chi connectivity index (χ0) is 18.2. The molecule has 25 heavy (non-hydrogen) atoms. The molecule has 0 N–H and O–H groups in total. The highest BCUT2D eigenvalue weighted by Crippen LogP contribution is 2.25.